The lowest BCUT2D eigenvalue weighted by Crippen LogP contribution is -2.60. The van der Waals surface area contributed by atoms with E-state index >= 15 is 0 Å². The van der Waals surface area contributed by atoms with Crippen LogP contribution in [0.4, 0.5) is 0 Å². The third kappa shape index (κ3) is 5.01. The first-order valence-electron chi connectivity index (χ1n) is 17.2. The minimum absolute atomic E-state index is 0.365. The summed E-state index contributed by atoms with van der Waals surface area (Å²) in [7, 11) is 41.5. The van der Waals surface area contributed by atoms with E-state index < -0.39 is 10.0 Å². The van der Waals surface area contributed by atoms with Crippen molar-refractivity contribution in [1.29, 1.82) is 0 Å². The highest BCUT2D eigenvalue weighted by Gasteiger charge is 2.46. The average Bonchev–Trinajstić information content (AvgIpc) is 3.17. The predicted molar refractivity (Wildman–Crippen MR) is 262 cm³/mol. The van der Waals surface area contributed by atoms with Gasteiger partial charge in [-0.3, -0.25) is 0 Å². The number of hydrogen-bond acceptors (Lipinski definition) is 0. The molecule has 0 spiro atoms. The van der Waals surface area contributed by atoms with Gasteiger partial charge in [0.05, 0.1) is 0 Å². The van der Waals surface area contributed by atoms with Gasteiger partial charge in [0.25, 0.3) is 0 Å². The van der Waals surface area contributed by atoms with E-state index in [1.54, 1.807) is 25.2 Å². The molecule has 208 valence electrons. The largest absolute Gasteiger partial charge is 0.141 e. The zero-order valence-electron chi connectivity index (χ0n) is 32.6. The molecule has 0 aromatic heterocycles. The molecule has 0 nitrogen and oxygen atoms in total. The Bertz CT molecular complexity index is 1750. The maximum absolute atomic E-state index is 2.51. The Morgan fingerprint density at radius 3 is 0.978 bits per heavy atom. The van der Waals surface area contributed by atoms with Crippen LogP contribution < -0.4 is 76.5 Å². The summed E-state index contributed by atoms with van der Waals surface area (Å²) in [6, 6.07) is 0. The van der Waals surface area contributed by atoms with E-state index in [9.17, 15) is 0 Å². The Morgan fingerprint density at radius 2 is 0.689 bits per heavy atom. The molecule has 0 saturated carbocycles. The number of benzene rings is 3. The molecule has 0 radical (unpaired) electrons. The Hall–Kier alpha value is -1.34. The first-order chi connectivity index (χ1) is 20.7. The second-order valence-electron chi connectivity index (χ2n) is 14.9. The molecular formula is C26H44B18S. The lowest BCUT2D eigenvalue weighted by atomic mass is 9.62. The molecule has 4 rings (SSSR count). The van der Waals surface area contributed by atoms with Gasteiger partial charge in [-0.1, -0.05) is 63.1 Å². The van der Waals surface area contributed by atoms with Crippen LogP contribution in [0.1, 0.15) is 25.3 Å². The molecule has 19 heteroatoms. The highest BCUT2D eigenvalue weighted by Crippen LogP contribution is 2.74. The molecule has 1 aliphatic carbocycles. The van der Waals surface area contributed by atoms with Crippen molar-refractivity contribution in [2.45, 2.75) is 40.3 Å². The van der Waals surface area contributed by atoms with Gasteiger partial charge < -0.3 is 0 Å². The maximum Gasteiger partial charge on any atom is 0.141 e. The molecule has 0 aliphatic heterocycles. The molecule has 45 heavy (non-hydrogen) atoms. The lowest BCUT2D eigenvalue weighted by molar-refractivity contribution is 0.878. The minimum Gasteiger partial charge on any atom is -0.141 e. The standard InChI is InChI=1S/C26H44B18S/c1-3(2)4-5(27)7(29)16(38)23(6(4)28)45(26-21(43)14(36)15(37)22(26)44,24-17(39)10(32)8(30)11(33)18(24)40)25-19(41)12(34)9(31)13(35)20(25)42/h3,21H,27-44H2,1-2H3. The molecule has 0 bridgehead atoms. The molecule has 1 unspecified atom stereocenters. The Balaban J connectivity index is 2.62. The van der Waals surface area contributed by atoms with Crippen molar-refractivity contribution in [3.8, 4) is 0 Å². The van der Waals surface area contributed by atoms with Gasteiger partial charge in [0.15, 0.2) is 0 Å². The predicted octanol–water partition coefficient (Wildman–Crippen LogP) is -20.5. The fourth-order valence-electron chi connectivity index (χ4n) is 8.97. The Kier molecular flexibility index (Phi) is 10.2. The first kappa shape index (κ1) is 36.5. The minimum atomic E-state index is -1.94. The second kappa shape index (κ2) is 12.6. The smallest absolute Gasteiger partial charge is 0.141 e. The topological polar surface area (TPSA) is 0 Å². The molecule has 3 aromatic carbocycles. The third-order valence-corrected chi connectivity index (χ3v) is 17.9. The molecule has 0 amide bonds. The average molecular weight is 583 g/mol. The molecule has 1 aliphatic rings. The van der Waals surface area contributed by atoms with Gasteiger partial charge in [0.2, 0.25) is 0 Å². The first-order valence-corrected chi connectivity index (χ1v) is 18.8. The van der Waals surface area contributed by atoms with Crippen molar-refractivity contribution < 1.29 is 0 Å². The van der Waals surface area contributed by atoms with Gasteiger partial charge in [-0.25, -0.2) is 0 Å². The van der Waals surface area contributed by atoms with E-state index in [0.29, 0.717) is 11.7 Å². The van der Waals surface area contributed by atoms with Gasteiger partial charge in [-0.2, -0.15) is 0 Å². The fraction of sp³-hybridized carbons (Fsp3) is 0.154. The van der Waals surface area contributed by atoms with Crippen LogP contribution in [0.2, 0.25) is 5.82 Å². The summed E-state index contributed by atoms with van der Waals surface area (Å²) >= 11 is 0. The number of rotatable bonds is 5. The van der Waals surface area contributed by atoms with Crippen LogP contribution in [0.5, 0.6) is 0 Å². The van der Waals surface area contributed by atoms with Crippen LogP contribution in [0.15, 0.2) is 36.0 Å². The summed E-state index contributed by atoms with van der Waals surface area (Å²) < 4.78 is 0. The van der Waals surface area contributed by atoms with Crippen molar-refractivity contribution in [3.63, 3.8) is 0 Å². The zero-order valence-corrected chi connectivity index (χ0v) is 33.4. The van der Waals surface area contributed by atoms with Crippen molar-refractivity contribution >= 4 is 228 Å². The SMILES string of the molecule is BC1=C(B)C(B)C(S(c2c(B)c(B)c(B)c(B)c2B)(c2c(B)c(B)c(B)c(B)c2B)c2c(B)c(B)c(B)c(C(C)C)c2B)=C1B. The highest BCUT2D eigenvalue weighted by molar-refractivity contribution is 8.37. The lowest BCUT2D eigenvalue weighted by Gasteiger charge is -2.53. The van der Waals surface area contributed by atoms with Crippen LogP contribution in [-0.2, 0) is 0 Å². The van der Waals surface area contributed by atoms with Crippen LogP contribution in [-0.4, -0.2) is 141 Å². The van der Waals surface area contributed by atoms with Gasteiger partial charge >= 0.3 is 0 Å². The third-order valence-electron chi connectivity index (χ3n) is 12.9. The van der Waals surface area contributed by atoms with Crippen LogP contribution in [0.3, 0.4) is 0 Å². The molecular weight excluding hydrogens is 539 g/mol. The summed E-state index contributed by atoms with van der Waals surface area (Å²) in [5, 5.41) is 0. The van der Waals surface area contributed by atoms with Gasteiger partial charge in [0.1, 0.15) is 141 Å². The Morgan fingerprint density at radius 1 is 0.400 bits per heavy atom. The quantitative estimate of drug-likeness (QED) is 0.262. The monoisotopic (exact) mass is 586 g/mol. The molecule has 0 N–H and O–H groups in total. The Labute approximate surface area is 293 Å². The van der Waals surface area contributed by atoms with E-state index in [4.69, 9.17) is 0 Å². The molecule has 0 fully saturated rings. The van der Waals surface area contributed by atoms with Crippen molar-refractivity contribution in [2.24, 2.45) is 0 Å². The fourth-order valence-corrected chi connectivity index (χ4v) is 15.2. The van der Waals surface area contributed by atoms with Crippen LogP contribution in [0, 0.1) is 0 Å². The van der Waals surface area contributed by atoms with Crippen LogP contribution >= 0.6 is 10.0 Å². The zero-order chi connectivity index (χ0) is 34.4. The highest BCUT2D eigenvalue weighted by atomic mass is 32.3. The number of allylic oxidation sites excluding steroid dienone is 4. The molecule has 0 heterocycles. The van der Waals surface area contributed by atoms with Gasteiger partial charge in [-0.05, 0) is 31.3 Å². The summed E-state index contributed by atoms with van der Waals surface area (Å²) in [5.74, 6) is 0.814. The summed E-state index contributed by atoms with van der Waals surface area (Å²) in [6.45, 7) is 4.80. The van der Waals surface area contributed by atoms with Gasteiger partial charge in [0, 0.05) is 0 Å². The van der Waals surface area contributed by atoms with E-state index in [1.165, 1.54) is 92.9 Å². The van der Waals surface area contributed by atoms with E-state index in [0.717, 1.165) is 0 Å². The molecule has 1 atom stereocenters. The normalized spacial score (nSPS) is 15.8. The van der Waals surface area contributed by atoms with Gasteiger partial charge in [-0.15, -0.1) is 59.2 Å². The number of hydrogen-bond donors (Lipinski definition) is 0. The summed E-state index contributed by atoms with van der Waals surface area (Å²) in [6.07, 6.45) is 0. The summed E-state index contributed by atoms with van der Waals surface area (Å²) in [5.41, 5.74) is 26.7. The van der Waals surface area contributed by atoms with Crippen molar-refractivity contribution in [2.75, 3.05) is 0 Å². The van der Waals surface area contributed by atoms with E-state index in [-0.39, 0.29) is 0 Å². The van der Waals surface area contributed by atoms with Crippen LogP contribution in [0.25, 0.3) is 0 Å². The van der Waals surface area contributed by atoms with E-state index in [2.05, 4.69) is 155 Å². The molecule has 3 aromatic rings. The summed E-state index contributed by atoms with van der Waals surface area (Å²) in [4.78, 5) is 6.49. The molecule has 0 saturated heterocycles. The van der Waals surface area contributed by atoms with Crippen molar-refractivity contribution in [1.82, 2.24) is 0 Å². The van der Waals surface area contributed by atoms with Crippen molar-refractivity contribution in [3.05, 3.63) is 26.9 Å². The second-order valence-corrected chi connectivity index (χ2v) is 17.8. The van der Waals surface area contributed by atoms with E-state index in [1.807, 2.05) is 0 Å². The maximum atomic E-state index is 2.51.